The Hall–Kier alpha value is -1.36. The Morgan fingerprint density at radius 1 is 1.00 bits per heavy atom. The molecular formula is C7H9N3O2. The molecule has 1 aromatic heterocycles. The van der Waals surface area contributed by atoms with E-state index in [2.05, 4.69) is 15.5 Å². The molecule has 0 spiro atoms. The highest BCUT2D eigenvalue weighted by Gasteiger charge is 2.14. The molecule has 0 radical (unpaired) electrons. The quantitative estimate of drug-likeness (QED) is 0.450. The predicted octanol–water partition coefficient (Wildman–Crippen LogP) is -1.29. The van der Waals surface area contributed by atoms with E-state index in [1.165, 1.54) is 0 Å². The lowest BCUT2D eigenvalue weighted by Gasteiger charge is -2.13. The number of hydrogen-bond donors (Lipinski definition) is 3. The molecule has 1 aromatic rings. The van der Waals surface area contributed by atoms with Gasteiger partial charge in [0.2, 0.25) is 0 Å². The summed E-state index contributed by atoms with van der Waals surface area (Å²) in [5, 5.41) is 7.64. The van der Waals surface area contributed by atoms with Crippen LogP contribution in [-0.2, 0) is 13.0 Å². The number of aromatic amines is 2. The molecule has 12 heavy (non-hydrogen) atoms. The molecule has 0 aliphatic carbocycles. The summed E-state index contributed by atoms with van der Waals surface area (Å²) < 4.78 is 0. The van der Waals surface area contributed by atoms with E-state index in [1.54, 1.807) is 0 Å². The fourth-order valence-electron chi connectivity index (χ4n) is 1.42. The van der Waals surface area contributed by atoms with Crippen LogP contribution in [0.5, 0.6) is 0 Å². The first kappa shape index (κ1) is 7.30. The number of fused-ring (bicyclic) bond motifs is 1. The molecule has 5 heteroatoms. The highest BCUT2D eigenvalue weighted by molar-refractivity contribution is 5.23. The van der Waals surface area contributed by atoms with Gasteiger partial charge in [0.25, 0.3) is 11.1 Å². The average molecular weight is 167 g/mol. The highest BCUT2D eigenvalue weighted by Crippen LogP contribution is 2.01. The molecule has 0 fully saturated rings. The summed E-state index contributed by atoms with van der Waals surface area (Å²) in [5.74, 6) is 0. The maximum Gasteiger partial charge on any atom is 0.267 e. The van der Waals surface area contributed by atoms with Crippen LogP contribution >= 0.6 is 0 Å². The Morgan fingerprint density at radius 2 is 1.67 bits per heavy atom. The summed E-state index contributed by atoms with van der Waals surface area (Å²) in [6.07, 6.45) is 0.634. The maximum atomic E-state index is 11.2. The Balaban J connectivity index is 2.73. The summed E-state index contributed by atoms with van der Waals surface area (Å²) >= 11 is 0. The van der Waals surface area contributed by atoms with E-state index in [-0.39, 0.29) is 11.1 Å². The lowest BCUT2D eigenvalue weighted by Crippen LogP contribution is -2.36. The predicted molar refractivity (Wildman–Crippen MR) is 43.1 cm³/mol. The molecule has 0 atom stereocenters. The van der Waals surface area contributed by atoms with Gasteiger partial charge in [0, 0.05) is 17.7 Å². The van der Waals surface area contributed by atoms with E-state index in [0.717, 1.165) is 6.54 Å². The van der Waals surface area contributed by atoms with Crippen LogP contribution in [-0.4, -0.2) is 16.7 Å². The highest BCUT2D eigenvalue weighted by atomic mass is 16.1. The standard InChI is InChI=1S/C7H9N3O2/c11-6-4-1-2-8-3-5(4)7(12)10-9-6/h8H,1-3H2,(H,9,11)(H,10,12). The molecule has 1 aliphatic rings. The molecule has 1 aliphatic heterocycles. The van der Waals surface area contributed by atoms with Crippen LogP contribution in [0.2, 0.25) is 0 Å². The number of aromatic nitrogens is 2. The van der Waals surface area contributed by atoms with E-state index in [0.29, 0.717) is 24.1 Å². The van der Waals surface area contributed by atoms with E-state index in [4.69, 9.17) is 0 Å². The molecular weight excluding hydrogens is 158 g/mol. The Labute approximate surface area is 67.8 Å². The first-order valence-corrected chi connectivity index (χ1v) is 3.82. The monoisotopic (exact) mass is 167 g/mol. The van der Waals surface area contributed by atoms with Crippen LogP contribution in [0.4, 0.5) is 0 Å². The van der Waals surface area contributed by atoms with Crippen molar-refractivity contribution in [1.29, 1.82) is 0 Å². The number of rotatable bonds is 0. The lowest BCUT2D eigenvalue weighted by atomic mass is 10.1. The Morgan fingerprint density at radius 3 is 2.33 bits per heavy atom. The van der Waals surface area contributed by atoms with Gasteiger partial charge in [0.05, 0.1) is 0 Å². The average Bonchev–Trinajstić information content (AvgIpc) is 2.12. The van der Waals surface area contributed by atoms with E-state index in [9.17, 15) is 9.59 Å². The van der Waals surface area contributed by atoms with Crippen molar-refractivity contribution >= 4 is 0 Å². The molecule has 0 bridgehead atoms. The maximum absolute atomic E-state index is 11.2. The van der Waals surface area contributed by atoms with Gasteiger partial charge >= 0.3 is 0 Å². The van der Waals surface area contributed by atoms with E-state index < -0.39 is 0 Å². The smallest absolute Gasteiger partial charge is 0.267 e. The fraction of sp³-hybridized carbons (Fsp3) is 0.429. The van der Waals surface area contributed by atoms with E-state index >= 15 is 0 Å². The second-order valence-electron chi connectivity index (χ2n) is 2.79. The zero-order valence-corrected chi connectivity index (χ0v) is 6.44. The summed E-state index contributed by atoms with van der Waals surface area (Å²) in [6, 6.07) is 0. The molecule has 0 saturated heterocycles. The van der Waals surface area contributed by atoms with Crippen molar-refractivity contribution in [2.24, 2.45) is 0 Å². The van der Waals surface area contributed by atoms with Crippen molar-refractivity contribution in [3.05, 3.63) is 31.8 Å². The molecule has 0 unspecified atom stereocenters. The minimum Gasteiger partial charge on any atom is -0.312 e. The third kappa shape index (κ3) is 0.984. The van der Waals surface area contributed by atoms with Crippen molar-refractivity contribution in [2.75, 3.05) is 6.54 Å². The minimum atomic E-state index is -0.197. The molecule has 0 aromatic carbocycles. The van der Waals surface area contributed by atoms with Crippen LogP contribution in [0.3, 0.4) is 0 Å². The van der Waals surface area contributed by atoms with E-state index in [1.807, 2.05) is 0 Å². The van der Waals surface area contributed by atoms with Crippen LogP contribution in [0.15, 0.2) is 9.59 Å². The number of hydrogen-bond acceptors (Lipinski definition) is 3. The van der Waals surface area contributed by atoms with Crippen molar-refractivity contribution < 1.29 is 0 Å². The summed E-state index contributed by atoms with van der Waals surface area (Å²) in [7, 11) is 0. The number of H-pyrrole nitrogens is 2. The lowest BCUT2D eigenvalue weighted by molar-refractivity contribution is 0.623. The van der Waals surface area contributed by atoms with Crippen LogP contribution in [0.25, 0.3) is 0 Å². The molecule has 2 heterocycles. The van der Waals surface area contributed by atoms with Crippen LogP contribution in [0.1, 0.15) is 11.1 Å². The van der Waals surface area contributed by atoms with Gasteiger partial charge in [-0.2, -0.15) is 0 Å². The SMILES string of the molecule is O=c1[nH][nH]c(=O)c2c1CCNC2. The largest absolute Gasteiger partial charge is 0.312 e. The van der Waals surface area contributed by atoms with Gasteiger partial charge in [-0.1, -0.05) is 0 Å². The van der Waals surface area contributed by atoms with Crippen LogP contribution < -0.4 is 16.4 Å². The van der Waals surface area contributed by atoms with Gasteiger partial charge in [-0.25, -0.2) is 0 Å². The molecule has 5 nitrogen and oxygen atoms in total. The van der Waals surface area contributed by atoms with Gasteiger partial charge in [-0.15, -0.1) is 0 Å². The second kappa shape index (κ2) is 2.60. The van der Waals surface area contributed by atoms with Crippen molar-refractivity contribution in [3.8, 4) is 0 Å². The first-order chi connectivity index (χ1) is 5.79. The van der Waals surface area contributed by atoms with Gasteiger partial charge in [-0.3, -0.25) is 19.8 Å². The molecule has 3 N–H and O–H groups in total. The van der Waals surface area contributed by atoms with Gasteiger partial charge in [0.1, 0.15) is 0 Å². The minimum absolute atomic E-state index is 0.175. The van der Waals surface area contributed by atoms with Crippen LogP contribution in [0, 0.1) is 0 Å². The molecule has 2 rings (SSSR count). The van der Waals surface area contributed by atoms with Gasteiger partial charge < -0.3 is 5.32 Å². The van der Waals surface area contributed by atoms with Crippen molar-refractivity contribution in [3.63, 3.8) is 0 Å². The topological polar surface area (TPSA) is 77.8 Å². The Bertz CT molecular complexity index is 365. The second-order valence-corrected chi connectivity index (χ2v) is 2.79. The fourth-order valence-corrected chi connectivity index (χ4v) is 1.42. The normalized spacial score (nSPS) is 15.7. The Kier molecular flexibility index (Phi) is 1.58. The molecule has 0 amide bonds. The molecule has 64 valence electrons. The zero-order chi connectivity index (χ0) is 8.55. The third-order valence-corrected chi connectivity index (χ3v) is 2.06. The summed E-state index contributed by atoms with van der Waals surface area (Å²) in [6.45, 7) is 1.26. The van der Waals surface area contributed by atoms with Crippen molar-refractivity contribution in [1.82, 2.24) is 15.5 Å². The summed E-state index contributed by atoms with van der Waals surface area (Å²) in [4.78, 5) is 22.3. The van der Waals surface area contributed by atoms with Gasteiger partial charge in [0.15, 0.2) is 0 Å². The summed E-state index contributed by atoms with van der Waals surface area (Å²) in [5.41, 5.74) is 0.824. The van der Waals surface area contributed by atoms with Gasteiger partial charge in [-0.05, 0) is 13.0 Å². The molecule has 0 saturated carbocycles. The number of nitrogens with one attached hydrogen (secondary N) is 3. The first-order valence-electron chi connectivity index (χ1n) is 3.82. The third-order valence-electron chi connectivity index (χ3n) is 2.06. The van der Waals surface area contributed by atoms with Crippen molar-refractivity contribution in [2.45, 2.75) is 13.0 Å². The zero-order valence-electron chi connectivity index (χ0n) is 6.44.